The highest BCUT2D eigenvalue weighted by Gasteiger charge is 2.25. The van der Waals surface area contributed by atoms with E-state index in [4.69, 9.17) is 32.7 Å². The molecule has 0 aromatic heterocycles. The van der Waals surface area contributed by atoms with E-state index in [-0.39, 0.29) is 16.5 Å². The number of nitrogens with one attached hydrogen (secondary N) is 2. The summed E-state index contributed by atoms with van der Waals surface area (Å²) in [7, 11) is 1.52. The van der Waals surface area contributed by atoms with Crippen molar-refractivity contribution in [3.8, 4) is 11.5 Å². The summed E-state index contributed by atoms with van der Waals surface area (Å²) in [5, 5.41) is 7.31. The molecule has 33 heavy (non-hydrogen) atoms. The number of hydrogen-bond acceptors (Lipinski definition) is 5. The third kappa shape index (κ3) is 7.48. The number of halogens is 3. The highest BCUT2D eigenvalue weighted by atomic mass is 79.9. The minimum absolute atomic E-state index is 0.195. The highest BCUT2D eigenvalue weighted by molar-refractivity contribution is 9.10. The second-order valence-electron chi connectivity index (χ2n) is 7.19. The van der Waals surface area contributed by atoms with E-state index in [9.17, 15) is 9.59 Å². The van der Waals surface area contributed by atoms with Gasteiger partial charge in [0.25, 0.3) is 11.8 Å². The van der Waals surface area contributed by atoms with Gasteiger partial charge in [-0.3, -0.25) is 9.59 Å². The van der Waals surface area contributed by atoms with Gasteiger partial charge in [0.2, 0.25) is 0 Å². The predicted octanol–water partition coefficient (Wildman–Crippen LogP) is 5.23. The standard InChI is InChI=1S/C23H24BrCl2N3O4/c1-5-8-33-21-17(24)9-14(10-19(21)32-4)12-27-29-23(31)20(13(2)3)28-22(30)16-7-6-15(25)11-18(16)26/h5-7,9-13,20H,1,8H2,2-4H3,(H,28,30)(H,29,31)/b27-12+. The van der Waals surface area contributed by atoms with E-state index in [2.05, 4.69) is 38.4 Å². The molecular formula is C23H24BrCl2N3O4. The van der Waals surface area contributed by atoms with Crippen molar-refractivity contribution in [3.05, 3.63) is 68.6 Å². The van der Waals surface area contributed by atoms with Gasteiger partial charge < -0.3 is 14.8 Å². The fraction of sp³-hybridized carbons (Fsp3) is 0.261. The molecule has 0 spiro atoms. The van der Waals surface area contributed by atoms with Crippen LogP contribution in [0.1, 0.15) is 29.8 Å². The number of carbonyl (C=O) groups is 2. The molecule has 2 amide bonds. The normalized spacial score (nSPS) is 11.8. The first-order valence-electron chi connectivity index (χ1n) is 9.88. The number of hydrogen-bond donors (Lipinski definition) is 2. The van der Waals surface area contributed by atoms with Crippen LogP contribution in [0.5, 0.6) is 11.5 Å². The summed E-state index contributed by atoms with van der Waals surface area (Å²) in [6, 6.07) is 7.16. The van der Waals surface area contributed by atoms with Gasteiger partial charge in [-0.2, -0.15) is 5.10 Å². The quantitative estimate of drug-likeness (QED) is 0.238. The Morgan fingerprint density at radius 2 is 1.97 bits per heavy atom. The molecule has 2 aromatic rings. The minimum Gasteiger partial charge on any atom is -0.493 e. The van der Waals surface area contributed by atoms with Crippen molar-refractivity contribution in [2.75, 3.05) is 13.7 Å². The zero-order valence-corrected chi connectivity index (χ0v) is 21.4. The Morgan fingerprint density at radius 1 is 1.24 bits per heavy atom. The molecule has 0 bridgehead atoms. The molecule has 176 valence electrons. The molecule has 7 nitrogen and oxygen atoms in total. The molecule has 0 saturated heterocycles. The van der Waals surface area contributed by atoms with Crippen molar-refractivity contribution >= 4 is 57.2 Å². The molecule has 1 unspecified atom stereocenters. The minimum atomic E-state index is -0.836. The van der Waals surface area contributed by atoms with Crippen molar-refractivity contribution in [1.82, 2.24) is 10.7 Å². The SMILES string of the molecule is C=CCOc1c(Br)cc(/C=N/NC(=O)C(NC(=O)c2ccc(Cl)cc2Cl)C(C)C)cc1OC. The number of carbonyl (C=O) groups excluding carboxylic acids is 2. The van der Waals surface area contributed by atoms with Gasteiger partial charge in [0.1, 0.15) is 12.6 Å². The summed E-state index contributed by atoms with van der Waals surface area (Å²) < 4.78 is 11.6. The number of nitrogens with zero attached hydrogens (tertiary/aromatic N) is 1. The first-order valence-corrected chi connectivity index (χ1v) is 11.4. The monoisotopic (exact) mass is 555 g/mol. The van der Waals surface area contributed by atoms with Gasteiger partial charge in [-0.25, -0.2) is 5.43 Å². The lowest BCUT2D eigenvalue weighted by molar-refractivity contribution is -0.123. The first-order chi connectivity index (χ1) is 15.7. The molecule has 0 aliphatic rings. The molecule has 0 aliphatic carbocycles. The molecular weight excluding hydrogens is 533 g/mol. The second kappa shape index (κ2) is 12.6. The summed E-state index contributed by atoms with van der Waals surface area (Å²) in [6.07, 6.45) is 3.08. The molecule has 0 saturated carbocycles. The number of benzene rings is 2. The molecule has 0 heterocycles. The average molecular weight is 557 g/mol. The molecule has 0 radical (unpaired) electrons. The molecule has 0 aliphatic heterocycles. The van der Waals surface area contributed by atoms with Crippen LogP contribution in [0.15, 0.2) is 52.6 Å². The van der Waals surface area contributed by atoms with Crippen LogP contribution >= 0.6 is 39.1 Å². The van der Waals surface area contributed by atoms with Crippen molar-refractivity contribution in [3.63, 3.8) is 0 Å². The molecule has 10 heteroatoms. The van der Waals surface area contributed by atoms with Gasteiger partial charge >= 0.3 is 0 Å². The Labute approximate surface area is 211 Å². The number of ether oxygens (including phenoxy) is 2. The van der Waals surface area contributed by atoms with E-state index in [0.717, 1.165) is 0 Å². The summed E-state index contributed by atoms with van der Waals surface area (Å²) in [4.78, 5) is 25.3. The Morgan fingerprint density at radius 3 is 2.58 bits per heavy atom. The highest BCUT2D eigenvalue weighted by Crippen LogP contribution is 2.36. The maximum Gasteiger partial charge on any atom is 0.262 e. The molecule has 2 aromatic carbocycles. The lowest BCUT2D eigenvalue weighted by atomic mass is 10.0. The van der Waals surface area contributed by atoms with Crippen LogP contribution in [0.25, 0.3) is 0 Å². The summed E-state index contributed by atoms with van der Waals surface area (Å²) in [5.74, 6) is -0.145. The van der Waals surface area contributed by atoms with E-state index >= 15 is 0 Å². The van der Waals surface area contributed by atoms with Crippen LogP contribution in [-0.4, -0.2) is 37.8 Å². The zero-order valence-electron chi connectivity index (χ0n) is 18.3. The van der Waals surface area contributed by atoms with Gasteiger partial charge in [0.15, 0.2) is 11.5 Å². The second-order valence-corrected chi connectivity index (χ2v) is 8.89. The van der Waals surface area contributed by atoms with Crippen LogP contribution in [0.2, 0.25) is 10.0 Å². The Kier molecular flexibility index (Phi) is 10.2. The van der Waals surface area contributed by atoms with Crippen LogP contribution < -0.4 is 20.2 Å². The van der Waals surface area contributed by atoms with Crippen molar-refractivity contribution in [2.24, 2.45) is 11.0 Å². The van der Waals surface area contributed by atoms with Crippen LogP contribution in [0.3, 0.4) is 0 Å². The van der Waals surface area contributed by atoms with Gasteiger partial charge in [-0.15, -0.1) is 0 Å². The van der Waals surface area contributed by atoms with Crippen molar-refractivity contribution in [1.29, 1.82) is 0 Å². The summed E-state index contributed by atoms with van der Waals surface area (Å²) in [5.41, 5.74) is 3.34. The van der Waals surface area contributed by atoms with Gasteiger partial charge in [0.05, 0.1) is 28.4 Å². The van der Waals surface area contributed by atoms with Crippen LogP contribution in [0, 0.1) is 5.92 Å². The van der Waals surface area contributed by atoms with Crippen molar-refractivity contribution in [2.45, 2.75) is 19.9 Å². The van der Waals surface area contributed by atoms with E-state index in [1.54, 1.807) is 24.3 Å². The van der Waals surface area contributed by atoms with Gasteiger partial charge in [-0.1, -0.05) is 49.7 Å². The fourth-order valence-electron chi connectivity index (χ4n) is 2.76. The fourth-order valence-corrected chi connectivity index (χ4v) is 3.83. The molecule has 1 atom stereocenters. The van der Waals surface area contributed by atoms with E-state index < -0.39 is 17.9 Å². The third-order valence-electron chi connectivity index (χ3n) is 4.40. The largest absolute Gasteiger partial charge is 0.493 e. The third-order valence-corrected chi connectivity index (χ3v) is 5.53. The number of amides is 2. The number of hydrazone groups is 1. The first kappa shape index (κ1) is 26.7. The lowest BCUT2D eigenvalue weighted by Gasteiger charge is -2.20. The predicted molar refractivity (Wildman–Crippen MR) is 135 cm³/mol. The average Bonchev–Trinajstić information content (AvgIpc) is 2.75. The number of methoxy groups -OCH3 is 1. The maximum absolute atomic E-state index is 12.7. The van der Waals surface area contributed by atoms with E-state index in [1.165, 1.54) is 25.5 Å². The molecule has 2 rings (SSSR count). The summed E-state index contributed by atoms with van der Waals surface area (Å²) in [6.45, 7) is 7.56. The van der Waals surface area contributed by atoms with Crippen LogP contribution in [0.4, 0.5) is 0 Å². The maximum atomic E-state index is 12.7. The van der Waals surface area contributed by atoms with Crippen molar-refractivity contribution < 1.29 is 19.1 Å². The number of rotatable bonds is 10. The Bertz CT molecular complexity index is 1060. The van der Waals surface area contributed by atoms with E-state index in [0.29, 0.717) is 33.2 Å². The Hall–Kier alpha value is -2.55. The van der Waals surface area contributed by atoms with Gasteiger partial charge in [0, 0.05) is 5.02 Å². The zero-order chi connectivity index (χ0) is 24.5. The Balaban J connectivity index is 2.11. The lowest BCUT2D eigenvalue weighted by Crippen LogP contribution is -2.48. The summed E-state index contributed by atoms with van der Waals surface area (Å²) >= 11 is 15.4. The topological polar surface area (TPSA) is 89.0 Å². The van der Waals surface area contributed by atoms with Crippen LogP contribution in [-0.2, 0) is 4.79 Å². The molecule has 0 fully saturated rings. The molecule has 2 N–H and O–H groups in total. The smallest absolute Gasteiger partial charge is 0.262 e. The van der Waals surface area contributed by atoms with E-state index in [1.807, 2.05) is 13.8 Å². The van der Waals surface area contributed by atoms with Gasteiger partial charge in [-0.05, 0) is 57.7 Å².